The third-order valence-corrected chi connectivity index (χ3v) is 3.90. The molecule has 3 heterocycles. The van der Waals surface area contributed by atoms with Gasteiger partial charge in [-0.1, -0.05) is 0 Å². The van der Waals surface area contributed by atoms with E-state index in [2.05, 4.69) is 30.2 Å². The minimum Gasteiger partial charge on any atom is -0.367 e. The SMILES string of the molecule is Cc1cc(NC2CCN(c3nc(C)cc(C)n3)CC2)ncn1. The summed E-state index contributed by atoms with van der Waals surface area (Å²) in [5.74, 6) is 1.77. The normalized spacial score (nSPS) is 15.9. The maximum atomic E-state index is 4.55. The van der Waals surface area contributed by atoms with Crippen molar-refractivity contribution in [1.29, 1.82) is 0 Å². The first-order valence-corrected chi connectivity index (χ1v) is 7.72. The summed E-state index contributed by atoms with van der Waals surface area (Å²) >= 11 is 0. The van der Waals surface area contributed by atoms with Gasteiger partial charge in [0, 0.05) is 42.3 Å². The molecule has 0 bridgehead atoms. The van der Waals surface area contributed by atoms with Crippen LogP contribution in [0.3, 0.4) is 0 Å². The third-order valence-electron chi connectivity index (χ3n) is 3.90. The molecular weight excluding hydrogens is 276 g/mol. The van der Waals surface area contributed by atoms with Crippen LogP contribution in [0.1, 0.15) is 29.9 Å². The van der Waals surface area contributed by atoms with Crippen LogP contribution >= 0.6 is 0 Å². The van der Waals surface area contributed by atoms with Gasteiger partial charge in [0.25, 0.3) is 0 Å². The summed E-state index contributed by atoms with van der Waals surface area (Å²) in [5.41, 5.74) is 3.04. The molecule has 0 radical (unpaired) electrons. The fourth-order valence-corrected chi connectivity index (χ4v) is 2.82. The van der Waals surface area contributed by atoms with Crippen LogP contribution in [-0.2, 0) is 0 Å². The lowest BCUT2D eigenvalue weighted by Crippen LogP contribution is -2.40. The molecule has 0 saturated carbocycles. The van der Waals surface area contributed by atoms with Gasteiger partial charge in [-0.2, -0.15) is 0 Å². The van der Waals surface area contributed by atoms with E-state index in [4.69, 9.17) is 0 Å². The molecule has 0 aromatic carbocycles. The molecule has 3 rings (SSSR count). The second-order valence-corrected chi connectivity index (χ2v) is 5.90. The molecule has 0 unspecified atom stereocenters. The zero-order valence-electron chi connectivity index (χ0n) is 13.4. The molecule has 2 aromatic heterocycles. The molecule has 6 heteroatoms. The van der Waals surface area contributed by atoms with Crippen LogP contribution in [0.2, 0.25) is 0 Å². The zero-order chi connectivity index (χ0) is 15.5. The van der Waals surface area contributed by atoms with Gasteiger partial charge in [-0.05, 0) is 39.7 Å². The van der Waals surface area contributed by atoms with E-state index >= 15 is 0 Å². The highest BCUT2D eigenvalue weighted by molar-refractivity contribution is 5.37. The maximum absolute atomic E-state index is 4.55. The van der Waals surface area contributed by atoms with Crippen molar-refractivity contribution in [3.63, 3.8) is 0 Å². The summed E-state index contributed by atoms with van der Waals surface area (Å²) in [7, 11) is 0. The van der Waals surface area contributed by atoms with E-state index in [1.165, 1.54) is 0 Å². The molecule has 1 fully saturated rings. The number of aromatic nitrogens is 4. The molecule has 116 valence electrons. The van der Waals surface area contributed by atoms with Crippen LogP contribution in [0, 0.1) is 20.8 Å². The Morgan fingerprint density at radius 3 is 2.27 bits per heavy atom. The molecule has 0 spiro atoms. The van der Waals surface area contributed by atoms with Crippen LogP contribution < -0.4 is 10.2 Å². The lowest BCUT2D eigenvalue weighted by molar-refractivity contribution is 0.518. The van der Waals surface area contributed by atoms with Crippen molar-refractivity contribution in [2.75, 3.05) is 23.3 Å². The Kier molecular flexibility index (Phi) is 4.18. The molecule has 1 aliphatic heterocycles. The van der Waals surface area contributed by atoms with Gasteiger partial charge in [-0.15, -0.1) is 0 Å². The lowest BCUT2D eigenvalue weighted by Gasteiger charge is -2.32. The van der Waals surface area contributed by atoms with E-state index in [0.717, 1.165) is 54.8 Å². The molecule has 22 heavy (non-hydrogen) atoms. The number of nitrogens with one attached hydrogen (secondary N) is 1. The van der Waals surface area contributed by atoms with Gasteiger partial charge in [-0.25, -0.2) is 19.9 Å². The largest absolute Gasteiger partial charge is 0.367 e. The predicted molar refractivity (Wildman–Crippen MR) is 87.1 cm³/mol. The van der Waals surface area contributed by atoms with E-state index < -0.39 is 0 Å². The monoisotopic (exact) mass is 298 g/mol. The molecule has 1 N–H and O–H groups in total. The standard InChI is InChI=1S/C16H22N6/c1-11-9-15(18-10-17-11)21-14-4-6-22(7-5-14)16-19-12(2)8-13(3)20-16/h8-10,14H,4-7H2,1-3H3,(H,17,18,21). The van der Waals surface area contributed by atoms with Gasteiger partial charge >= 0.3 is 0 Å². The van der Waals surface area contributed by atoms with Crippen LogP contribution in [0.5, 0.6) is 0 Å². The van der Waals surface area contributed by atoms with Gasteiger partial charge in [0.05, 0.1) is 0 Å². The number of piperidine rings is 1. The van der Waals surface area contributed by atoms with Gasteiger partial charge in [0.1, 0.15) is 12.1 Å². The highest BCUT2D eigenvalue weighted by Crippen LogP contribution is 2.19. The fraction of sp³-hybridized carbons (Fsp3) is 0.500. The van der Waals surface area contributed by atoms with Crippen molar-refractivity contribution >= 4 is 11.8 Å². The Morgan fingerprint density at radius 1 is 0.955 bits per heavy atom. The molecule has 0 aliphatic carbocycles. The second-order valence-electron chi connectivity index (χ2n) is 5.90. The second kappa shape index (κ2) is 6.25. The first-order chi connectivity index (χ1) is 10.6. The Hall–Kier alpha value is -2.24. The molecule has 2 aromatic rings. The Labute approximate surface area is 131 Å². The predicted octanol–water partition coefficient (Wildman–Crippen LogP) is 2.27. The molecule has 0 atom stereocenters. The van der Waals surface area contributed by atoms with Crippen molar-refractivity contribution < 1.29 is 0 Å². The zero-order valence-corrected chi connectivity index (χ0v) is 13.4. The number of nitrogens with zero attached hydrogens (tertiary/aromatic N) is 5. The highest BCUT2D eigenvalue weighted by atomic mass is 15.3. The summed E-state index contributed by atoms with van der Waals surface area (Å²) in [4.78, 5) is 19.8. The lowest BCUT2D eigenvalue weighted by atomic mass is 10.1. The van der Waals surface area contributed by atoms with Crippen LogP contribution in [-0.4, -0.2) is 39.1 Å². The van der Waals surface area contributed by atoms with Gasteiger partial charge in [0.2, 0.25) is 5.95 Å². The number of hydrogen-bond donors (Lipinski definition) is 1. The average Bonchev–Trinajstić information content (AvgIpc) is 2.47. The van der Waals surface area contributed by atoms with E-state index in [-0.39, 0.29) is 0 Å². The maximum Gasteiger partial charge on any atom is 0.225 e. The molecular formula is C16H22N6. The quantitative estimate of drug-likeness (QED) is 0.937. The smallest absolute Gasteiger partial charge is 0.225 e. The number of hydrogen-bond acceptors (Lipinski definition) is 6. The minimum atomic E-state index is 0.441. The molecule has 1 saturated heterocycles. The molecule has 0 amide bonds. The highest BCUT2D eigenvalue weighted by Gasteiger charge is 2.21. The van der Waals surface area contributed by atoms with Gasteiger partial charge < -0.3 is 10.2 Å². The van der Waals surface area contributed by atoms with Crippen LogP contribution in [0.4, 0.5) is 11.8 Å². The summed E-state index contributed by atoms with van der Waals surface area (Å²) < 4.78 is 0. The van der Waals surface area contributed by atoms with E-state index in [0.29, 0.717) is 6.04 Å². The van der Waals surface area contributed by atoms with Crippen molar-refractivity contribution in [3.8, 4) is 0 Å². The Balaban J connectivity index is 1.60. The van der Waals surface area contributed by atoms with Crippen molar-refractivity contribution in [2.45, 2.75) is 39.7 Å². The number of aryl methyl sites for hydroxylation is 3. The van der Waals surface area contributed by atoms with Gasteiger partial charge in [0.15, 0.2) is 0 Å². The van der Waals surface area contributed by atoms with E-state index in [9.17, 15) is 0 Å². The van der Waals surface area contributed by atoms with Crippen molar-refractivity contribution in [3.05, 3.63) is 35.5 Å². The Bertz CT molecular complexity index is 629. The molecule has 1 aliphatic rings. The minimum absolute atomic E-state index is 0.441. The summed E-state index contributed by atoms with van der Waals surface area (Å²) in [6, 6.07) is 4.44. The summed E-state index contributed by atoms with van der Waals surface area (Å²) in [6.07, 6.45) is 3.72. The van der Waals surface area contributed by atoms with Crippen LogP contribution in [0.15, 0.2) is 18.5 Å². The van der Waals surface area contributed by atoms with E-state index in [1.807, 2.05) is 32.9 Å². The van der Waals surface area contributed by atoms with Gasteiger partial charge in [-0.3, -0.25) is 0 Å². The third kappa shape index (κ3) is 3.50. The first-order valence-electron chi connectivity index (χ1n) is 7.72. The summed E-state index contributed by atoms with van der Waals surface area (Å²) in [5, 5.41) is 3.50. The van der Waals surface area contributed by atoms with E-state index in [1.54, 1.807) is 6.33 Å². The number of rotatable bonds is 3. The fourth-order valence-electron chi connectivity index (χ4n) is 2.82. The topological polar surface area (TPSA) is 66.8 Å². The Morgan fingerprint density at radius 2 is 1.64 bits per heavy atom. The number of anilines is 2. The van der Waals surface area contributed by atoms with Crippen LogP contribution in [0.25, 0.3) is 0 Å². The summed E-state index contributed by atoms with van der Waals surface area (Å²) in [6.45, 7) is 7.94. The van der Waals surface area contributed by atoms with Crippen molar-refractivity contribution in [1.82, 2.24) is 19.9 Å². The molecule has 6 nitrogen and oxygen atoms in total. The average molecular weight is 298 g/mol. The first kappa shape index (κ1) is 14.7. The van der Waals surface area contributed by atoms with Crippen molar-refractivity contribution in [2.24, 2.45) is 0 Å².